The van der Waals surface area contributed by atoms with E-state index in [4.69, 9.17) is 30.8 Å². The zero-order chi connectivity index (χ0) is 41.0. The lowest BCUT2D eigenvalue weighted by atomic mass is 9.78. The first-order chi connectivity index (χ1) is 27.2. The Balaban J connectivity index is 1.08. The van der Waals surface area contributed by atoms with E-state index in [0.717, 1.165) is 43.4 Å². The van der Waals surface area contributed by atoms with E-state index in [0.29, 0.717) is 64.4 Å². The Morgan fingerprint density at radius 3 is 2.54 bits per heavy atom. The molecule has 0 saturated carbocycles. The third-order valence-electron chi connectivity index (χ3n) is 10.3. The quantitative estimate of drug-likeness (QED) is 0.0905. The molecule has 15 heteroatoms. The van der Waals surface area contributed by atoms with Crippen LogP contribution in [0.2, 0.25) is 5.02 Å². The number of methoxy groups -OCH3 is 2. The van der Waals surface area contributed by atoms with Gasteiger partial charge in [0.05, 0.1) is 32.1 Å². The second-order valence-corrected chi connectivity index (χ2v) is 16.6. The van der Waals surface area contributed by atoms with Gasteiger partial charge in [0.15, 0.2) is 27.8 Å². The highest BCUT2D eigenvalue weighted by Crippen LogP contribution is 2.46. The van der Waals surface area contributed by atoms with Crippen LogP contribution in [0.4, 0.5) is 4.39 Å². The smallest absolute Gasteiger partial charge is 0.341 e. The summed E-state index contributed by atoms with van der Waals surface area (Å²) in [5.74, 6) is -0.641. The Labute approximate surface area is 340 Å². The third kappa shape index (κ3) is 9.24. The maximum atomic E-state index is 14.0. The van der Waals surface area contributed by atoms with Gasteiger partial charge >= 0.3 is 11.9 Å². The summed E-state index contributed by atoms with van der Waals surface area (Å²) < 4.78 is 33.1. The number of fused-ring (bicyclic) bond motifs is 3. The zero-order valence-electron chi connectivity index (χ0n) is 32.9. The van der Waals surface area contributed by atoms with E-state index >= 15 is 0 Å². The van der Waals surface area contributed by atoms with Gasteiger partial charge in [-0.3, -0.25) is 9.79 Å². The molecule has 2 aliphatic heterocycles. The summed E-state index contributed by atoms with van der Waals surface area (Å²) in [6.07, 6.45) is 7.37. The Morgan fingerprint density at radius 1 is 1.11 bits per heavy atom. The van der Waals surface area contributed by atoms with Crippen LogP contribution in [-0.4, -0.2) is 78.3 Å². The summed E-state index contributed by atoms with van der Waals surface area (Å²) in [4.78, 5) is 49.2. The van der Waals surface area contributed by atoms with Gasteiger partial charge in [-0.25, -0.2) is 19.0 Å². The van der Waals surface area contributed by atoms with Crippen molar-refractivity contribution in [3.8, 4) is 22.8 Å². The molecule has 4 heterocycles. The first-order valence-corrected chi connectivity index (χ1v) is 20.0. The van der Waals surface area contributed by atoms with E-state index in [1.807, 2.05) is 29.1 Å². The number of aromatic carboxylic acids is 1. The first-order valence-electron chi connectivity index (χ1n) is 18.7. The van der Waals surface area contributed by atoms with Gasteiger partial charge in [-0.15, -0.1) is 11.3 Å². The highest BCUT2D eigenvalue weighted by atomic mass is 35.5. The van der Waals surface area contributed by atoms with E-state index < -0.39 is 29.2 Å². The molecule has 0 spiro atoms. The normalized spacial score (nSPS) is 16.4. The van der Waals surface area contributed by atoms with E-state index in [-0.39, 0.29) is 22.0 Å². The predicted octanol–water partition coefficient (Wildman–Crippen LogP) is 7.70. The number of ether oxygens (including phenoxy) is 3. The van der Waals surface area contributed by atoms with Gasteiger partial charge in [0.2, 0.25) is 0 Å². The number of amidine groups is 1. The molecule has 2 aromatic heterocycles. The number of nitrogens with zero attached hydrogens (tertiary/aromatic N) is 4. The molecule has 57 heavy (non-hydrogen) atoms. The lowest BCUT2D eigenvalue weighted by Gasteiger charge is -2.39. The van der Waals surface area contributed by atoms with Crippen LogP contribution < -0.4 is 20.2 Å². The minimum atomic E-state index is -1.24. The van der Waals surface area contributed by atoms with Crippen LogP contribution in [0.3, 0.4) is 0 Å². The molecule has 0 aliphatic carbocycles. The number of carboxylic acid groups (broad SMARTS) is 1. The molecular weight excluding hydrogens is 773 g/mol. The summed E-state index contributed by atoms with van der Waals surface area (Å²) in [6, 6.07) is 8.40. The summed E-state index contributed by atoms with van der Waals surface area (Å²) in [5.41, 5.74) is 2.86. The number of carbonyl (C=O) groups excluding carboxylic acids is 1. The van der Waals surface area contributed by atoms with Crippen LogP contribution in [0.15, 0.2) is 75.2 Å². The van der Waals surface area contributed by atoms with Crippen LogP contribution in [0.25, 0.3) is 11.3 Å². The van der Waals surface area contributed by atoms with E-state index in [1.165, 1.54) is 48.9 Å². The van der Waals surface area contributed by atoms with Gasteiger partial charge in [0.1, 0.15) is 17.4 Å². The SMILES string of the molecule is COC(=O)C1=C(CN(C)CCCCCCOc2cc3c(cc2OC)-c2cc(=O)c(C(=O)O)cn2C(C(C)(C)C)C3)NC(c2nccs2)=N[C@H]1c1ccc(F)cc1Cl. The second-order valence-electron chi connectivity index (χ2n) is 15.3. The average Bonchev–Trinajstić information content (AvgIpc) is 3.71. The molecule has 0 radical (unpaired) electrons. The van der Waals surface area contributed by atoms with E-state index in [9.17, 15) is 23.9 Å². The number of aliphatic imine (C=N–C) groups is 1. The highest BCUT2D eigenvalue weighted by molar-refractivity contribution is 7.11. The van der Waals surface area contributed by atoms with Crippen LogP contribution in [0.5, 0.6) is 11.5 Å². The summed E-state index contributed by atoms with van der Waals surface area (Å²) in [6.45, 7) is 7.93. The van der Waals surface area contributed by atoms with Crippen molar-refractivity contribution in [1.82, 2.24) is 19.8 Å². The molecule has 2 aliphatic rings. The lowest BCUT2D eigenvalue weighted by molar-refractivity contribution is -0.136. The number of carbonyl (C=O) groups is 2. The first kappa shape index (κ1) is 41.6. The molecule has 0 amide bonds. The standard InChI is InChI=1S/C42H47ClFN5O7S/c1-42(2,3)35-18-24-17-34(33(54-5)20-27(24)31-21-32(50)28(40(51)52)22-49(31)35)56-15-10-8-7-9-14-48(4)23-30-36(41(53)55-6)37(26-12-11-25(44)19-29(26)43)47-38(46-30)39-45-13-16-57-39/h11-13,16-17,19-22,35,37H,7-10,14-15,18,23H2,1-6H3,(H,46,47)(H,51,52)/t35?,37-/m0/s1. The lowest BCUT2D eigenvalue weighted by Crippen LogP contribution is -2.38. The van der Waals surface area contributed by atoms with Crippen molar-refractivity contribution in [2.75, 3.05) is 41.0 Å². The number of aromatic nitrogens is 2. The summed E-state index contributed by atoms with van der Waals surface area (Å²) >= 11 is 7.89. The van der Waals surface area contributed by atoms with Gasteiger partial charge in [-0.05, 0) is 68.1 Å². The number of esters is 1. The number of likely N-dealkylation sites (N-methyl/N-ethyl adjacent to an activating group) is 1. The Hall–Kier alpha value is -5.05. The average molecular weight is 820 g/mol. The van der Waals surface area contributed by atoms with Crippen LogP contribution in [-0.2, 0) is 16.0 Å². The van der Waals surface area contributed by atoms with Crippen molar-refractivity contribution in [3.05, 3.63) is 108 Å². The van der Waals surface area contributed by atoms with Crippen LogP contribution in [0.1, 0.15) is 85.0 Å². The molecular formula is C42H47ClFN5O7S. The molecule has 0 fully saturated rings. The van der Waals surface area contributed by atoms with Gasteiger partial charge < -0.3 is 34.1 Å². The maximum absolute atomic E-state index is 14.0. The maximum Gasteiger partial charge on any atom is 0.341 e. The number of benzene rings is 2. The second kappa shape index (κ2) is 17.6. The Kier molecular flexibility index (Phi) is 12.8. The third-order valence-corrected chi connectivity index (χ3v) is 11.4. The highest BCUT2D eigenvalue weighted by Gasteiger charge is 2.36. The van der Waals surface area contributed by atoms with Crippen LogP contribution >= 0.6 is 22.9 Å². The molecule has 2 aromatic carbocycles. The number of pyridine rings is 1. The largest absolute Gasteiger partial charge is 0.493 e. The number of unbranched alkanes of at least 4 members (excludes halogenated alkanes) is 3. The predicted molar refractivity (Wildman–Crippen MR) is 218 cm³/mol. The number of nitrogens with one attached hydrogen (secondary N) is 1. The fraction of sp³-hybridized carbons (Fsp3) is 0.405. The van der Waals surface area contributed by atoms with E-state index in [1.54, 1.807) is 13.3 Å². The molecule has 2 N–H and O–H groups in total. The molecule has 4 aromatic rings. The number of hydrogen-bond donors (Lipinski definition) is 2. The van der Waals surface area contributed by atoms with Crippen molar-refractivity contribution < 1.29 is 33.3 Å². The fourth-order valence-electron chi connectivity index (χ4n) is 7.33. The molecule has 0 bridgehead atoms. The number of halogens is 2. The Bertz CT molecular complexity index is 2270. The monoisotopic (exact) mass is 819 g/mol. The van der Waals surface area contributed by atoms with Gasteiger partial charge in [0.25, 0.3) is 0 Å². The number of thiazole rings is 1. The molecule has 0 saturated heterocycles. The van der Waals surface area contributed by atoms with E-state index in [2.05, 4.69) is 36.0 Å². The fourth-order valence-corrected chi connectivity index (χ4v) is 8.19. The van der Waals surface area contributed by atoms with Crippen molar-refractivity contribution in [1.29, 1.82) is 0 Å². The van der Waals surface area contributed by atoms with Crippen molar-refractivity contribution >= 4 is 40.7 Å². The van der Waals surface area contributed by atoms with Gasteiger partial charge in [-0.2, -0.15) is 0 Å². The van der Waals surface area contributed by atoms with Crippen LogP contribution in [0, 0.1) is 11.2 Å². The van der Waals surface area contributed by atoms with Crippen molar-refractivity contribution in [2.45, 2.75) is 65.0 Å². The molecule has 6 rings (SSSR count). The van der Waals surface area contributed by atoms with Gasteiger partial charge in [-0.1, -0.05) is 51.3 Å². The summed E-state index contributed by atoms with van der Waals surface area (Å²) in [5, 5.41) is 15.6. The molecule has 2 atom stereocenters. The molecule has 302 valence electrons. The topological polar surface area (TPSA) is 145 Å². The van der Waals surface area contributed by atoms with Crippen molar-refractivity contribution in [3.63, 3.8) is 0 Å². The molecule has 12 nitrogen and oxygen atoms in total. The van der Waals surface area contributed by atoms with Crippen molar-refractivity contribution in [2.24, 2.45) is 10.4 Å². The number of carboxylic acids is 1. The molecule has 1 unspecified atom stereocenters. The Morgan fingerprint density at radius 2 is 1.88 bits per heavy atom. The summed E-state index contributed by atoms with van der Waals surface area (Å²) in [7, 11) is 4.87. The van der Waals surface area contributed by atoms with Gasteiger partial charge in [0, 0.05) is 58.3 Å². The minimum Gasteiger partial charge on any atom is -0.493 e. The zero-order valence-corrected chi connectivity index (χ0v) is 34.4. The minimum absolute atomic E-state index is 0.0850. The number of rotatable bonds is 15. The number of hydrogen-bond acceptors (Lipinski definition) is 11.